The summed E-state index contributed by atoms with van der Waals surface area (Å²) in [6.07, 6.45) is 0.940. The van der Waals surface area contributed by atoms with Crippen LogP contribution >= 0.6 is 0 Å². The van der Waals surface area contributed by atoms with Crippen LogP contribution in [0.5, 0.6) is 0 Å². The molecule has 0 aliphatic carbocycles. The molecule has 0 atom stereocenters. The van der Waals surface area contributed by atoms with Gasteiger partial charge >= 0.3 is 0 Å². The van der Waals surface area contributed by atoms with Crippen LogP contribution in [0.15, 0.2) is 42.5 Å². The zero-order chi connectivity index (χ0) is 14.8. The number of amides is 1. The van der Waals surface area contributed by atoms with E-state index in [0.29, 0.717) is 6.54 Å². The van der Waals surface area contributed by atoms with E-state index >= 15 is 0 Å². The van der Waals surface area contributed by atoms with Gasteiger partial charge in [0.15, 0.2) is 0 Å². The van der Waals surface area contributed by atoms with E-state index in [-0.39, 0.29) is 5.91 Å². The molecule has 0 saturated carbocycles. The number of rotatable bonds is 5. The largest absolute Gasteiger partial charge is 0.352 e. The van der Waals surface area contributed by atoms with E-state index in [1.165, 1.54) is 0 Å². The maximum atomic E-state index is 11.9. The van der Waals surface area contributed by atoms with Gasteiger partial charge in [0.2, 0.25) is 0 Å². The number of fused-ring (bicyclic) bond motifs is 1. The van der Waals surface area contributed by atoms with Crippen LogP contribution in [0, 0.1) is 0 Å². The van der Waals surface area contributed by atoms with Gasteiger partial charge in [-0.3, -0.25) is 4.79 Å². The van der Waals surface area contributed by atoms with Crippen molar-refractivity contribution in [2.45, 2.75) is 20.3 Å². The van der Waals surface area contributed by atoms with Gasteiger partial charge in [-0.05, 0) is 42.9 Å². The van der Waals surface area contributed by atoms with Crippen LogP contribution < -0.4 is 10.6 Å². The first-order valence-electron chi connectivity index (χ1n) is 7.23. The fraction of sp³-hybridized carbons (Fsp3) is 0.353. The van der Waals surface area contributed by atoms with Crippen LogP contribution in [0.25, 0.3) is 10.8 Å². The Morgan fingerprint density at radius 2 is 1.70 bits per heavy atom. The predicted molar refractivity (Wildman–Crippen MR) is 86.2 cm³/mol. The third-order valence-corrected chi connectivity index (χ3v) is 2.90. The Labute approximate surface area is 121 Å². The second-order valence-corrected chi connectivity index (χ2v) is 4.27. The first-order valence-corrected chi connectivity index (χ1v) is 7.23. The van der Waals surface area contributed by atoms with Gasteiger partial charge in [-0.1, -0.05) is 44.2 Å². The summed E-state index contributed by atoms with van der Waals surface area (Å²) in [5.74, 6) is -0.00291. The topological polar surface area (TPSA) is 41.1 Å². The van der Waals surface area contributed by atoms with Crippen molar-refractivity contribution in [3.8, 4) is 0 Å². The lowest BCUT2D eigenvalue weighted by Gasteiger charge is -2.06. The lowest BCUT2D eigenvalue weighted by Crippen LogP contribution is -2.26. The van der Waals surface area contributed by atoms with E-state index in [1.54, 1.807) is 0 Å². The quantitative estimate of drug-likeness (QED) is 0.821. The second kappa shape index (κ2) is 9.10. The van der Waals surface area contributed by atoms with Crippen LogP contribution in [0.1, 0.15) is 30.6 Å². The minimum Gasteiger partial charge on any atom is -0.352 e. The second-order valence-electron chi connectivity index (χ2n) is 4.27. The first kappa shape index (κ1) is 16.2. The van der Waals surface area contributed by atoms with Gasteiger partial charge in [-0.2, -0.15) is 0 Å². The molecule has 0 fully saturated rings. The summed E-state index contributed by atoms with van der Waals surface area (Å²) in [5, 5.41) is 8.23. The molecule has 2 aromatic carbocycles. The Hall–Kier alpha value is -1.87. The van der Waals surface area contributed by atoms with Gasteiger partial charge in [-0.25, -0.2) is 0 Å². The van der Waals surface area contributed by atoms with E-state index < -0.39 is 0 Å². The molecule has 108 valence electrons. The Bertz CT molecular complexity index is 537. The summed E-state index contributed by atoms with van der Waals surface area (Å²) in [6, 6.07) is 13.8. The van der Waals surface area contributed by atoms with Crippen molar-refractivity contribution in [3.63, 3.8) is 0 Å². The van der Waals surface area contributed by atoms with Crippen molar-refractivity contribution in [2.24, 2.45) is 0 Å². The van der Waals surface area contributed by atoms with Crippen molar-refractivity contribution >= 4 is 16.7 Å². The molecule has 2 N–H and O–H groups in total. The number of carbonyl (C=O) groups excluding carboxylic acids is 1. The van der Waals surface area contributed by atoms with E-state index in [2.05, 4.69) is 10.6 Å². The molecule has 0 bridgehead atoms. The average Bonchev–Trinajstić information content (AvgIpc) is 2.53. The standard InChI is InChI=1S/C15H18N2O.C2H6/c1-16-9-4-10-17-15(18)14-8-7-12-5-2-3-6-13(12)11-14;1-2/h2-3,5-8,11,16H,4,9-10H2,1H3,(H,17,18);1-2H3. The van der Waals surface area contributed by atoms with Gasteiger partial charge in [0.1, 0.15) is 0 Å². The van der Waals surface area contributed by atoms with Crippen LogP contribution in [-0.2, 0) is 0 Å². The highest BCUT2D eigenvalue weighted by Gasteiger charge is 2.04. The molecule has 2 rings (SSSR count). The molecule has 0 saturated heterocycles. The Morgan fingerprint density at radius 1 is 1.00 bits per heavy atom. The number of hydrogen-bond acceptors (Lipinski definition) is 2. The molecule has 3 heteroatoms. The summed E-state index contributed by atoms with van der Waals surface area (Å²) in [7, 11) is 1.91. The summed E-state index contributed by atoms with van der Waals surface area (Å²) in [6.45, 7) is 5.62. The number of hydrogen-bond donors (Lipinski definition) is 2. The van der Waals surface area contributed by atoms with Crippen molar-refractivity contribution in [2.75, 3.05) is 20.1 Å². The van der Waals surface area contributed by atoms with Gasteiger partial charge in [-0.15, -0.1) is 0 Å². The minimum atomic E-state index is -0.00291. The summed E-state index contributed by atoms with van der Waals surface area (Å²) in [5.41, 5.74) is 0.721. The minimum absolute atomic E-state index is 0.00291. The molecule has 3 nitrogen and oxygen atoms in total. The van der Waals surface area contributed by atoms with Gasteiger partial charge < -0.3 is 10.6 Å². The van der Waals surface area contributed by atoms with Gasteiger partial charge in [0.05, 0.1) is 0 Å². The lowest BCUT2D eigenvalue weighted by atomic mass is 10.1. The molecular formula is C17H24N2O. The smallest absolute Gasteiger partial charge is 0.251 e. The Kier molecular flexibility index (Phi) is 7.36. The number of nitrogens with one attached hydrogen (secondary N) is 2. The maximum absolute atomic E-state index is 11.9. The van der Waals surface area contributed by atoms with Crippen molar-refractivity contribution in [3.05, 3.63) is 48.0 Å². The fourth-order valence-corrected chi connectivity index (χ4v) is 1.90. The highest BCUT2D eigenvalue weighted by atomic mass is 16.1. The van der Waals surface area contributed by atoms with E-state index in [1.807, 2.05) is 63.4 Å². The third-order valence-electron chi connectivity index (χ3n) is 2.90. The lowest BCUT2D eigenvalue weighted by molar-refractivity contribution is 0.0953. The SMILES string of the molecule is CC.CNCCCNC(=O)c1ccc2ccccc2c1. The van der Waals surface area contributed by atoms with E-state index in [9.17, 15) is 4.79 Å². The van der Waals surface area contributed by atoms with Crippen LogP contribution in [0.4, 0.5) is 0 Å². The molecular weight excluding hydrogens is 248 g/mol. The molecule has 0 spiro atoms. The van der Waals surface area contributed by atoms with Crippen molar-refractivity contribution < 1.29 is 4.79 Å². The van der Waals surface area contributed by atoms with Gasteiger partial charge in [0.25, 0.3) is 5.91 Å². The summed E-state index contributed by atoms with van der Waals surface area (Å²) in [4.78, 5) is 11.9. The monoisotopic (exact) mass is 272 g/mol. The molecule has 2 aromatic rings. The molecule has 20 heavy (non-hydrogen) atoms. The predicted octanol–water partition coefficient (Wildman–Crippen LogP) is 3.21. The third kappa shape index (κ3) is 4.67. The molecule has 0 radical (unpaired) electrons. The van der Waals surface area contributed by atoms with Crippen LogP contribution in [0.3, 0.4) is 0 Å². The summed E-state index contributed by atoms with van der Waals surface area (Å²) < 4.78 is 0. The highest BCUT2D eigenvalue weighted by Crippen LogP contribution is 2.15. The van der Waals surface area contributed by atoms with Crippen molar-refractivity contribution in [1.29, 1.82) is 0 Å². The molecule has 0 aromatic heterocycles. The average molecular weight is 272 g/mol. The normalized spacial score (nSPS) is 9.75. The zero-order valence-corrected chi connectivity index (χ0v) is 12.6. The van der Waals surface area contributed by atoms with Crippen molar-refractivity contribution in [1.82, 2.24) is 10.6 Å². The zero-order valence-electron chi connectivity index (χ0n) is 12.6. The molecule has 1 amide bonds. The Balaban J connectivity index is 0.000000956. The van der Waals surface area contributed by atoms with Crippen LogP contribution in [-0.4, -0.2) is 26.0 Å². The first-order chi connectivity index (χ1) is 9.81. The van der Waals surface area contributed by atoms with E-state index in [0.717, 1.165) is 29.3 Å². The molecule has 0 heterocycles. The molecule has 0 aliphatic rings. The number of benzene rings is 2. The van der Waals surface area contributed by atoms with E-state index in [4.69, 9.17) is 0 Å². The number of carbonyl (C=O) groups is 1. The van der Waals surface area contributed by atoms with Crippen LogP contribution in [0.2, 0.25) is 0 Å². The summed E-state index contributed by atoms with van der Waals surface area (Å²) >= 11 is 0. The maximum Gasteiger partial charge on any atom is 0.251 e. The van der Waals surface area contributed by atoms with Gasteiger partial charge in [0, 0.05) is 12.1 Å². The molecule has 0 aliphatic heterocycles. The highest BCUT2D eigenvalue weighted by molar-refractivity contribution is 5.98. The molecule has 0 unspecified atom stereocenters. The Morgan fingerprint density at radius 3 is 2.40 bits per heavy atom. The fourth-order valence-electron chi connectivity index (χ4n) is 1.90.